The van der Waals surface area contributed by atoms with Crippen molar-refractivity contribution in [3.05, 3.63) is 69.8 Å². The second-order valence-electron chi connectivity index (χ2n) is 5.01. The van der Waals surface area contributed by atoms with Gasteiger partial charge in [0.2, 0.25) is 5.90 Å². The average Bonchev–Trinajstić information content (AvgIpc) is 2.90. The molecule has 5 nitrogen and oxygen atoms in total. The molecule has 0 saturated carbocycles. The molecule has 0 aliphatic carbocycles. The van der Waals surface area contributed by atoms with Gasteiger partial charge in [-0.25, -0.2) is 9.79 Å². The molecular weight excluding hydrogens is 374 g/mol. The highest BCUT2D eigenvalue weighted by atomic mass is 79.9. The number of halogens is 1. The first-order valence-corrected chi connectivity index (χ1v) is 7.87. The molecule has 0 atom stereocenters. The van der Waals surface area contributed by atoms with Crippen molar-refractivity contribution >= 4 is 39.8 Å². The number of benzene rings is 2. The molecular formula is C18H12BrNO4. The standard InChI is InChI=1S/C18H12BrNO4/c1-11(21)23-15-7-5-12(6-8-15)9-16-18(22)24-17(20-16)13-3-2-4-14(19)10-13/h2-10H,1H3/b16-9-. The molecule has 0 aromatic heterocycles. The number of rotatable bonds is 3. The van der Waals surface area contributed by atoms with Crippen LogP contribution >= 0.6 is 15.9 Å². The third-order valence-corrected chi connectivity index (χ3v) is 3.63. The van der Waals surface area contributed by atoms with E-state index < -0.39 is 5.97 Å². The molecule has 3 rings (SSSR count). The minimum atomic E-state index is -0.506. The van der Waals surface area contributed by atoms with Crippen molar-refractivity contribution in [3.63, 3.8) is 0 Å². The predicted octanol–water partition coefficient (Wildman–Crippen LogP) is 3.72. The maximum Gasteiger partial charge on any atom is 0.363 e. The Morgan fingerprint density at radius 3 is 2.62 bits per heavy atom. The molecule has 1 aliphatic rings. The van der Waals surface area contributed by atoms with Gasteiger partial charge in [0.1, 0.15) is 5.75 Å². The number of hydrogen-bond donors (Lipinski definition) is 0. The van der Waals surface area contributed by atoms with Gasteiger partial charge < -0.3 is 9.47 Å². The summed E-state index contributed by atoms with van der Waals surface area (Å²) in [6, 6.07) is 14.1. The number of hydrogen-bond acceptors (Lipinski definition) is 5. The molecule has 1 heterocycles. The zero-order valence-electron chi connectivity index (χ0n) is 12.7. The van der Waals surface area contributed by atoms with E-state index in [1.165, 1.54) is 6.92 Å². The van der Waals surface area contributed by atoms with Crippen molar-refractivity contribution in [3.8, 4) is 5.75 Å². The van der Waals surface area contributed by atoms with Gasteiger partial charge in [0.25, 0.3) is 0 Å². The van der Waals surface area contributed by atoms with E-state index in [0.717, 1.165) is 10.0 Å². The van der Waals surface area contributed by atoms with E-state index in [-0.39, 0.29) is 17.6 Å². The number of ether oxygens (including phenoxy) is 2. The maximum absolute atomic E-state index is 12.0. The van der Waals surface area contributed by atoms with Gasteiger partial charge in [-0.1, -0.05) is 34.1 Å². The lowest BCUT2D eigenvalue weighted by Gasteiger charge is -2.00. The Morgan fingerprint density at radius 1 is 1.21 bits per heavy atom. The number of cyclic esters (lactones) is 1. The molecule has 1 aliphatic heterocycles. The highest BCUT2D eigenvalue weighted by Crippen LogP contribution is 2.22. The van der Waals surface area contributed by atoms with Crippen LogP contribution in [0.25, 0.3) is 6.08 Å². The quantitative estimate of drug-likeness (QED) is 0.458. The van der Waals surface area contributed by atoms with E-state index in [0.29, 0.717) is 11.3 Å². The van der Waals surface area contributed by atoms with Crippen LogP contribution in [0.4, 0.5) is 0 Å². The fraction of sp³-hybridized carbons (Fsp3) is 0.0556. The van der Waals surface area contributed by atoms with Crippen molar-refractivity contribution in [2.45, 2.75) is 6.92 Å². The smallest absolute Gasteiger partial charge is 0.363 e. The summed E-state index contributed by atoms with van der Waals surface area (Å²) in [5.41, 5.74) is 1.67. The molecule has 0 radical (unpaired) electrons. The van der Waals surface area contributed by atoms with Gasteiger partial charge in [-0.15, -0.1) is 0 Å². The maximum atomic E-state index is 12.0. The molecule has 0 unspecified atom stereocenters. The Kier molecular flexibility index (Phi) is 4.57. The van der Waals surface area contributed by atoms with Crippen molar-refractivity contribution < 1.29 is 19.1 Å². The molecule has 2 aromatic rings. The zero-order chi connectivity index (χ0) is 17.1. The second-order valence-corrected chi connectivity index (χ2v) is 5.92. The molecule has 0 saturated heterocycles. The Morgan fingerprint density at radius 2 is 1.96 bits per heavy atom. The van der Waals surface area contributed by atoms with Gasteiger partial charge in [0.05, 0.1) is 0 Å². The topological polar surface area (TPSA) is 65.0 Å². The second kappa shape index (κ2) is 6.80. The van der Waals surface area contributed by atoms with E-state index in [1.54, 1.807) is 30.3 Å². The number of aliphatic imine (C=N–C) groups is 1. The summed E-state index contributed by atoms with van der Waals surface area (Å²) in [7, 11) is 0. The van der Waals surface area contributed by atoms with Crippen molar-refractivity contribution in [1.82, 2.24) is 0 Å². The van der Waals surface area contributed by atoms with Gasteiger partial charge in [-0.05, 0) is 42.0 Å². The molecule has 24 heavy (non-hydrogen) atoms. The lowest BCUT2D eigenvalue weighted by molar-refractivity contribution is -0.132. The third-order valence-electron chi connectivity index (χ3n) is 3.14. The fourth-order valence-electron chi connectivity index (χ4n) is 2.11. The SMILES string of the molecule is CC(=O)Oc1ccc(/C=C2\N=C(c3cccc(Br)c3)OC2=O)cc1. The minimum absolute atomic E-state index is 0.213. The highest BCUT2D eigenvalue weighted by Gasteiger charge is 2.24. The third kappa shape index (κ3) is 3.78. The molecule has 0 amide bonds. The van der Waals surface area contributed by atoms with Crippen LogP contribution in [0.1, 0.15) is 18.1 Å². The molecule has 0 spiro atoms. The summed E-state index contributed by atoms with van der Waals surface area (Å²) in [5, 5.41) is 0. The Hall–Kier alpha value is -2.73. The summed E-state index contributed by atoms with van der Waals surface area (Å²) in [6.07, 6.45) is 1.62. The van der Waals surface area contributed by atoms with Gasteiger partial charge in [0, 0.05) is 17.0 Å². The molecule has 0 N–H and O–H groups in total. The van der Waals surface area contributed by atoms with Gasteiger partial charge in [-0.2, -0.15) is 0 Å². The molecule has 0 fully saturated rings. The summed E-state index contributed by atoms with van der Waals surface area (Å²) < 4.78 is 11.1. The first-order valence-electron chi connectivity index (χ1n) is 7.08. The van der Waals surface area contributed by atoms with Crippen molar-refractivity contribution in [2.24, 2.45) is 4.99 Å². The normalized spacial score (nSPS) is 15.2. The number of esters is 2. The van der Waals surface area contributed by atoms with Crippen molar-refractivity contribution in [1.29, 1.82) is 0 Å². The predicted molar refractivity (Wildman–Crippen MR) is 92.5 cm³/mol. The van der Waals surface area contributed by atoms with Crippen LogP contribution in [0, 0.1) is 0 Å². The minimum Gasteiger partial charge on any atom is -0.427 e. The number of carbonyl (C=O) groups is 2. The van der Waals surface area contributed by atoms with Gasteiger partial charge in [-0.3, -0.25) is 4.79 Å². The largest absolute Gasteiger partial charge is 0.427 e. The first kappa shape index (κ1) is 16.1. The molecule has 0 bridgehead atoms. The Labute approximate surface area is 146 Å². The van der Waals surface area contributed by atoms with E-state index in [4.69, 9.17) is 9.47 Å². The lowest BCUT2D eigenvalue weighted by Crippen LogP contribution is -2.05. The van der Waals surface area contributed by atoms with Crippen LogP contribution in [0.2, 0.25) is 0 Å². The Balaban J connectivity index is 1.84. The average molecular weight is 386 g/mol. The Bertz CT molecular complexity index is 869. The monoisotopic (exact) mass is 385 g/mol. The number of nitrogens with zero attached hydrogens (tertiary/aromatic N) is 1. The van der Waals surface area contributed by atoms with Gasteiger partial charge in [0.15, 0.2) is 5.70 Å². The molecule has 6 heteroatoms. The van der Waals surface area contributed by atoms with Crippen LogP contribution in [0.3, 0.4) is 0 Å². The first-order chi connectivity index (χ1) is 11.5. The van der Waals surface area contributed by atoms with Crippen molar-refractivity contribution in [2.75, 3.05) is 0 Å². The van der Waals surface area contributed by atoms with E-state index in [2.05, 4.69) is 20.9 Å². The van der Waals surface area contributed by atoms with E-state index >= 15 is 0 Å². The van der Waals surface area contributed by atoms with Crippen LogP contribution in [-0.2, 0) is 14.3 Å². The molecule has 120 valence electrons. The van der Waals surface area contributed by atoms with Crippen LogP contribution in [0.5, 0.6) is 5.75 Å². The highest BCUT2D eigenvalue weighted by molar-refractivity contribution is 9.10. The zero-order valence-corrected chi connectivity index (χ0v) is 14.2. The van der Waals surface area contributed by atoms with Gasteiger partial charge >= 0.3 is 11.9 Å². The van der Waals surface area contributed by atoms with E-state index in [1.807, 2.05) is 24.3 Å². The summed E-state index contributed by atoms with van der Waals surface area (Å²) >= 11 is 3.37. The summed E-state index contributed by atoms with van der Waals surface area (Å²) in [5.74, 6) is -0.182. The fourth-order valence-corrected chi connectivity index (χ4v) is 2.51. The summed E-state index contributed by atoms with van der Waals surface area (Å²) in [4.78, 5) is 27.1. The van der Waals surface area contributed by atoms with Crippen LogP contribution < -0.4 is 4.74 Å². The number of carbonyl (C=O) groups excluding carboxylic acids is 2. The van der Waals surface area contributed by atoms with Crippen LogP contribution in [-0.4, -0.2) is 17.8 Å². The summed E-state index contributed by atoms with van der Waals surface area (Å²) in [6.45, 7) is 1.34. The van der Waals surface area contributed by atoms with Crippen LogP contribution in [0.15, 0.2) is 63.7 Å². The van der Waals surface area contributed by atoms with E-state index in [9.17, 15) is 9.59 Å². The lowest BCUT2D eigenvalue weighted by atomic mass is 10.2. The molecule has 2 aromatic carbocycles.